The van der Waals surface area contributed by atoms with Crippen molar-refractivity contribution in [1.82, 2.24) is 5.32 Å². The summed E-state index contributed by atoms with van der Waals surface area (Å²) in [6.07, 6.45) is 5.22. The number of hydrogen-bond donors (Lipinski definition) is 3. The molecule has 1 rings (SSSR count). The predicted octanol–water partition coefficient (Wildman–Crippen LogP) is 0.588. The van der Waals surface area contributed by atoms with E-state index < -0.39 is 0 Å². The molecular weight excluding hydrogens is 222 g/mol. The van der Waals surface area contributed by atoms with Crippen molar-refractivity contribution in [3.05, 3.63) is 0 Å². The highest BCUT2D eigenvalue weighted by Crippen LogP contribution is 2.16. The number of amidine groups is 1. The van der Waals surface area contributed by atoms with E-state index in [1.807, 2.05) is 0 Å². The zero-order chi connectivity index (χ0) is 12.5. The second-order valence-corrected chi connectivity index (χ2v) is 4.22. The fraction of sp³-hybridized carbons (Fsp3) is 0.818. The number of carbonyl (C=O) groups is 1. The van der Waals surface area contributed by atoms with Crippen LogP contribution in [-0.4, -0.2) is 36.2 Å². The number of nitrogens with one attached hydrogen (secondary N) is 1. The molecule has 1 atom stereocenters. The molecule has 4 N–H and O–H groups in total. The highest BCUT2D eigenvalue weighted by Gasteiger charge is 2.14. The molecule has 1 fully saturated rings. The molecule has 1 amide bonds. The summed E-state index contributed by atoms with van der Waals surface area (Å²) in [4.78, 5) is 11.4. The van der Waals surface area contributed by atoms with Gasteiger partial charge >= 0.3 is 0 Å². The summed E-state index contributed by atoms with van der Waals surface area (Å²) in [5, 5.41) is 13.9. The van der Waals surface area contributed by atoms with Crippen LogP contribution in [0.1, 0.15) is 38.5 Å². The van der Waals surface area contributed by atoms with Gasteiger partial charge in [0.2, 0.25) is 5.91 Å². The lowest BCUT2D eigenvalue weighted by molar-refractivity contribution is -0.122. The highest BCUT2D eigenvalue weighted by molar-refractivity contribution is 5.81. The summed E-state index contributed by atoms with van der Waals surface area (Å²) in [6, 6.07) is 0. The first-order chi connectivity index (χ1) is 8.22. The van der Waals surface area contributed by atoms with E-state index in [4.69, 9.17) is 15.7 Å². The molecule has 17 heavy (non-hydrogen) atoms. The van der Waals surface area contributed by atoms with E-state index in [0.717, 1.165) is 25.9 Å². The molecule has 1 unspecified atom stereocenters. The molecule has 6 heteroatoms. The van der Waals surface area contributed by atoms with Gasteiger partial charge in [0.05, 0.1) is 6.10 Å². The minimum Gasteiger partial charge on any atom is -0.409 e. The van der Waals surface area contributed by atoms with Gasteiger partial charge in [0.15, 0.2) is 0 Å². The maximum atomic E-state index is 11.4. The average Bonchev–Trinajstić information content (AvgIpc) is 2.37. The molecule has 0 saturated carbocycles. The third-order valence-corrected chi connectivity index (χ3v) is 2.80. The summed E-state index contributed by atoms with van der Waals surface area (Å²) < 4.78 is 5.54. The topological polar surface area (TPSA) is 96.9 Å². The van der Waals surface area contributed by atoms with Crippen molar-refractivity contribution < 1.29 is 14.7 Å². The van der Waals surface area contributed by atoms with Crippen LogP contribution in [0.3, 0.4) is 0 Å². The van der Waals surface area contributed by atoms with E-state index in [0.29, 0.717) is 19.4 Å². The van der Waals surface area contributed by atoms with Crippen LogP contribution in [0.15, 0.2) is 5.16 Å². The van der Waals surface area contributed by atoms with Gasteiger partial charge in [0.1, 0.15) is 5.84 Å². The monoisotopic (exact) mass is 243 g/mol. The maximum absolute atomic E-state index is 11.4. The van der Waals surface area contributed by atoms with Crippen molar-refractivity contribution in [3.8, 4) is 0 Å². The Morgan fingerprint density at radius 3 is 2.94 bits per heavy atom. The van der Waals surface area contributed by atoms with Crippen molar-refractivity contribution in [1.29, 1.82) is 0 Å². The van der Waals surface area contributed by atoms with E-state index in [-0.39, 0.29) is 17.8 Å². The fourth-order valence-corrected chi connectivity index (χ4v) is 1.80. The van der Waals surface area contributed by atoms with Crippen LogP contribution in [-0.2, 0) is 9.53 Å². The fourth-order valence-electron chi connectivity index (χ4n) is 1.80. The molecule has 0 aromatic rings. The molecule has 0 aromatic carbocycles. The normalized spacial score (nSPS) is 21.2. The first kappa shape index (κ1) is 13.8. The molecule has 1 aliphatic heterocycles. The Bertz CT molecular complexity index is 263. The first-order valence-corrected chi connectivity index (χ1v) is 6.07. The zero-order valence-corrected chi connectivity index (χ0v) is 10.0. The van der Waals surface area contributed by atoms with Gasteiger partial charge in [0, 0.05) is 26.0 Å². The van der Waals surface area contributed by atoms with Gasteiger partial charge in [-0.1, -0.05) is 5.16 Å². The molecule has 0 aromatic heterocycles. The molecule has 1 aliphatic rings. The average molecular weight is 243 g/mol. The summed E-state index contributed by atoms with van der Waals surface area (Å²) in [6.45, 7) is 1.22. The van der Waals surface area contributed by atoms with E-state index in [1.165, 1.54) is 6.42 Å². The van der Waals surface area contributed by atoms with Gasteiger partial charge in [-0.15, -0.1) is 0 Å². The summed E-state index contributed by atoms with van der Waals surface area (Å²) in [5.74, 6) is 0.117. The van der Waals surface area contributed by atoms with Gasteiger partial charge in [-0.05, 0) is 25.7 Å². The molecule has 1 heterocycles. The number of hydrogen-bond acceptors (Lipinski definition) is 4. The lowest BCUT2D eigenvalue weighted by Gasteiger charge is -2.22. The maximum Gasteiger partial charge on any atom is 0.220 e. The summed E-state index contributed by atoms with van der Waals surface area (Å²) in [5.41, 5.74) is 5.28. The van der Waals surface area contributed by atoms with Gasteiger partial charge < -0.3 is 21.0 Å². The van der Waals surface area contributed by atoms with Gasteiger partial charge in [-0.2, -0.15) is 0 Å². The molecule has 98 valence electrons. The van der Waals surface area contributed by atoms with Gasteiger partial charge in [-0.3, -0.25) is 4.79 Å². The highest BCUT2D eigenvalue weighted by atomic mass is 16.5. The van der Waals surface area contributed by atoms with Crippen molar-refractivity contribution in [3.63, 3.8) is 0 Å². The van der Waals surface area contributed by atoms with Gasteiger partial charge in [0.25, 0.3) is 0 Å². The second-order valence-electron chi connectivity index (χ2n) is 4.22. The standard InChI is InChI=1S/C11H21N3O3/c12-10(14-16)6-7-13-11(15)5-4-9-3-1-2-8-17-9/h9,16H,1-8H2,(H2,12,14)(H,13,15). The summed E-state index contributed by atoms with van der Waals surface area (Å²) >= 11 is 0. The lowest BCUT2D eigenvalue weighted by Crippen LogP contribution is -2.29. The lowest BCUT2D eigenvalue weighted by atomic mass is 10.0. The molecule has 0 bridgehead atoms. The Morgan fingerprint density at radius 2 is 2.29 bits per heavy atom. The molecular formula is C11H21N3O3. The van der Waals surface area contributed by atoms with E-state index in [2.05, 4.69) is 10.5 Å². The molecule has 0 aliphatic carbocycles. The quantitative estimate of drug-likeness (QED) is 0.275. The van der Waals surface area contributed by atoms with Crippen LogP contribution in [0.5, 0.6) is 0 Å². The smallest absolute Gasteiger partial charge is 0.220 e. The SMILES string of the molecule is NC(CCNC(=O)CCC1CCCCO1)=NO. The number of carbonyl (C=O) groups excluding carboxylic acids is 1. The van der Waals surface area contributed by atoms with Crippen molar-refractivity contribution >= 4 is 11.7 Å². The van der Waals surface area contributed by atoms with Crippen molar-refractivity contribution in [2.75, 3.05) is 13.2 Å². The number of oxime groups is 1. The van der Waals surface area contributed by atoms with Crippen LogP contribution < -0.4 is 11.1 Å². The Hall–Kier alpha value is -1.30. The largest absolute Gasteiger partial charge is 0.409 e. The molecule has 0 spiro atoms. The van der Waals surface area contributed by atoms with E-state index >= 15 is 0 Å². The molecule has 0 radical (unpaired) electrons. The Balaban J connectivity index is 2.04. The van der Waals surface area contributed by atoms with E-state index in [9.17, 15) is 4.79 Å². The Morgan fingerprint density at radius 1 is 1.47 bits per heavy atom. The number of rotatable bonds is 6. The van der Waals surface area contributed by atoms with Crippen LogP contribution in [0.4, 0.5) is 0 Å². The minimum absolute atomic E-state index is 0.00934. The van der Waals surface area contributed by atoms with Crippen LogP contribution in [0, 0.1) is 0 Å². The van der Waals surface area contributed by atoms with Crippen LogP contribution in [0.2, 0.25) is 0 Å². The Kier molecular flexibility index (Phi) is 6.39. The minimum atomic E-state index is -0.00934. The van der Waals surface area contributed by atoms with Gasteiger partial charge in [-0.25, -0.2) is 0 Å². The van der Waals surface area contributed by atoms with Crippen LogP contribution >= 0.6 is 0 Å². The van der Waals surface area contributed by atoms with Crippen molar-refractivity contribution in [2.45, 2.75) is 44.6 Å². The predicted molar refractivity (Wildman–Crippen MR) is 63.9 cm³/mol. The number of ether oxygens (including phenoxy) is 1. The zero-order valence-electron chi connectivity index (χ0n) is 10.0. The Labute approximate surface area is 101 Å². The van der Waals surface area contributed by atoms with E-state index in [1.54, 1.807) is 0 Å². The van der Waals surface area contributed by atoms with Crippen molar-refractivity contribution in [2.24, 2.45) is 10.9 Å². The number of nitrogens with two attached hydrogens (primary N) is 1. The third kappa shape index (κ3) is 6.11. The molecule has 6 nitrogen and oxygen atoms in total. The number of amides is 1. The second kappa shape index (κ2) is 7.89. The first-order valence-electron chi connectivity index (χ1n) is 6.07. The number of nitrogens with zero attached hydrogens (tertiary/aromatic N) is 1. The van der Waals surface area contributed by atoms with Crippen LogP contribution in [0.25, 0.3) is 0 Å². The third-order valence-electron chi connectivity index (χ3n) is 2.80. The molecule has 1 saturated heterocycles. The summed E-state index contributed by atoms with van der Waals surface area (Å²) in [7, 11) is 0.